The number of methoxy groups -OCH3 is 1. The van der Waals surface area contributed by atoms with Crippen molar-refractivity contribution in [3.63, 3.8) is 0 Å². The van der Waals surface area contributed by atoms with Gasteiger partial charge < -0.3 is 20.1 Å². The smallest absolute Gasteiger partial charge is 0.475 e. The second kappa shape index (κ2) is 11.6. The summed E-state index contributed by atoms with van der Waals surface area (Å²) in [7, 11) is -0.160. The molecule has 8 heteroatoms. The van der Waals surface area contributed by atoms with Gasteiger partial charge >= 0.3 is 7.12 Å². The lowest BCUT2D eigenvalue weighted by atomic mass is 9.75. The molecule has 1 heterocycles. The van der Waals surface area contributed by atoms with E-state index in [-0.39, 0.29) is 24.5 Å². The van der Waals surface area contributed by atoms with Crippen molar-refractivity contribution in [2.75, 3.05) is 7.11 Å². The molecular weight excluding hydrogens is 425 g/mol. The van der Waals surface area contributed by atoms with Crippen LogP contribution in [-0.2, 0) is 17.6 Å². The summed E-state index contributed by atoms with van der Waals surface area (Å²) in [6.07, 6.45) is 0.651. The maximum Gasteiger partial charge on any atom is 0.475 e. The summed E-state index contributed by atoms with van der Waals surface area (Å²) in [5, 5.41) is 26.1. The van der Waals surface area contributed by atoms with Crippen LogP contribution in [-0.4, -0.2) is 41.9 Å². The first-order valence-electron chi connectivity index (χ1n) is 10.3. The van der Waals surface area contributed by atoms with Gasteiger partial charge in [0.25, 0.3) is 0 Å². The van der Waals surface area contributed by atoms with Gasteiger partial charge in [-0.05, 0) is 65.1 Å². The van der Waals surface area contributed by atoms with Crippen molar-refractivity contribution < 1.29 is 24.4 Å². The topological polar surface area (TPSA) is 95.9 Å². The highest BCUT2D eigenvalue weighted by atomic mass is 32.1. The zero-order valence-corrected chi connectivity index (χ0v) is 18.6. The van der Waals surface area contributed by atoms with Crippen molar-refractivity contribution in [3.8, 4) is 5.75 Å². The standard InChI is InChI=1S/C24H26BNO5S/c1-31-21-9-7-19(8-10-21)22(27)15-20(13-17-5-3-2-4-6-17)24(28)26-23(25(29)30)14-18-11-12-32-16-18/h2-12,16,20,23,29-30H,13-15H2,1H3,(H,26,28). The highest BCUT2D eigenvalue weighted by Gasteiger charge is 2.30. The summed E-state index contributed by atoms with van der Waals surface area (Å²) in [6, 6.07) is 18.1. The van der Waals surface area contributed by atoms with E-state index in [0.29, 0.717) is 17.7 Å². The molecule has 0 aliphatic carbocycles. The van der Waals surface area contributed by atoms with Gasteiger partial charge in [-0.15, -0.1) is 0 Å². The molecule has 0 radical (unpaired) electrons. The molecule has 1 amide bonds. The molecule has 0 saturated heterocycles. The van der Waals surface area contributed by atoms with Crippen LogP contribution in [0.1, 0.15) is 27.9 Å². The fourth-order valence-corrected chi connectivity index (χ4v) is 4.15. The molecule has 0 bridgehead atoms. The minimum absolute atomic E-state index is 0.000247. The summed E-state index contributed by atoms with van der Waals surface area (Å²) in [6.45, 7) is 0. The van der Waals surface area contributed by atoms with E-state index in [9.17, 15) is 19.6 Å². The number of nitrogens with one attached hydrogen (secondary N) is 1. The lowest BCUT2D eigenvalue weighted by molar-refractivity contribution is -0.125. The molecule has 0 saturated carbocycles. The minimum atomic E-state index is -1.71. The molecule has 2 unspecified atom stereocenters. The molecule has 3 N–H and O–H groups in total. The first-order chi connectivity index (χ1) is 15.5. The van der Waals surface area contributed by atoms with E-state index < -0.39 is 19.0 Å². The molecule has 3 rings (SSSR count). The van der Waals surface area contributed by atoms with Crippen molar-refractivity contribution in [3.05, 3.63) is 88.1 Å². The summed E-state index contributed by atoms with van der Waals surface area (Å²) in [5.74, 6) is -1.43. The van der Waals surface area contributed by atoms with Crippen molar-refractivity contribution in [1.82, 2.24) is 5.32 Å². The van der Waals surface area contributed by atoms with Crippen LogP contribution < -0.4 is 10.1 Å². The maximum absolute atomic E-state index is 13.2. The van der Waals surface area contributed by atoms with E-state index in [1.54, 1.807) is 31.4 Å². The van der Waals surface area contributed by atoms with Crippen LogP contribution in [0.2, 0.25) is 0 Å². The van der Waals surface area contributed by atoms with Gasteiger partial charge in [0, 0.05) is 17.9 Å². The average molecular weight is 451 g/mol. The molecule has 3 aromatic rings. The number of hydrogen-bond acceptors (Lipinski definition) is 6. The number of carbonyl (C=O) groups excluding carboxylic acids is 2. The first kappa shape index (κ1) is 23.7. The molecule has 166 valence electrons. The van der Waals surface area contributed by atoms with E-state index in [4.69, 9.17) is 4.74 Å². The minimum Gasteiger partial charge on any atom is -0.497 e. The largest absolute Gasteiger partial charge is 0.497 e. The van der Waals surface area contributed by atoms with E-state index in [1.807, 2.05) is 47.2 Å². The Hall–Kier alpha value is -2.94. The molecule has 32 heavy (non-hydrogen) atoms. The number of rotatable bonds is 11. The molecule has 0 aliphatic rings. The summed E-state index contributed by atoms with van der Waals surface area (Å²) < 4.78 is 5.13. The van der Waals surface area contributed by atoms with Crippen LogP contribution in [0.3, 0.4) is 0 Å². The predicted octanol–water partition coefficient (Wildman–Crippen LogP) is 2.93. The summed E-state index contributed by atoms with van der Waals surface area (Å²) in [5.41, 5.74) is 2.32. The number of hydrogen-bond donors (Lipinski definition) is 3. The van der Waals surface area contributed by atoms with Crippen molar-refractivity contribution in [1.29, 1.82) is 0 Å². The number of amides is 1. The number of carbonyl (C=O) groups is 2. The number of ether oxygens (including phenoxy) is 1. The van der Waals surface area contributed by atoms with Crippen LogP contribution in [0.25, 0.3) is 0 Å². The van der Waals surface area contributed by atoms with Crippen LogP contribution in [0.15, 0.2) is 71.4 Å². The second-order valence-corrected chi connectivity index (χ2v) is 8.39. The fourth-order valence-electron chi connectivity index (χ4n) is 3.47. The Labute approximate surface area is 192 Å². The van der Waals surface area contributed by atoms with E-state index in [0.717, 1.165) is 11.1 Å². The molecule has 2 aromatic carbocycles. The van der Waals surface area contributed by atoms with Crippen molar-refractivity contribution in [2.24, 2.45) is 5.92 Å². The van der Waals surface area contributed by atoms with Gasteiger partial charge in [0.2, 0.25) is 5.91 Å². The molecule has 0 aliphatic heterocycles. The van der Waals surface area contributed by atoms with Crippen molar-refractivity contribution in [2.45, 2.75) is 25.2 Å². The normalized spacial score (nSPS) is 12.6. The van der Waals surface area contributed by atoms with Gasteiger partial charge in [-0.25, -0.2) is 0 Å². The molecule has 0 fully saturated rings. The third-order valence-corrected chi connectivity index (χ3v) is 5.99. The lowest BCUT2D eigenvalue weighted by Gasteiger charge is -2.22. The Morgan fingerprint density at radius 3 is 2.31 bits per heavy atom. The summed E-state index contributed by atoms with van der Waals surface area (Å²) >= 11 is 1.50. The van der Waals surface area contributed by atoms with Crippen LogP contribution in [0.5, 0.6) is 5.75 Å². The van der Waals surface area contributed by atoms with Crippen LogP contribution in [0, 0.1) is 5.92 Å². The molecule has 2 atom stereocenters. The SMILES string of the molecule is COc1ccc(C(=O)CC(Cc2ccccc2)C(=O)NC(Cc2ccsc2)B(O)O)cc1. The van der Waals surface area contributed by atoms with Crippen LogP contribution in [0.4, 0.5) is 0 Å². The van der Waals surface area contributed by atoms with Gasteiger partial charge in [-0.3, -0.25) is 9.59 Å². The monoisotopic (exact) mass is 451 g/mol. The number of ketones is 1. The Morgan fingerprint density at radius 1 is 1.00 bits per heavy atom. The molecule has 6 nitrogen and oxygen atoms in total. The predicted molar refractivity (Wildman–Crippen MR) is 126 cm³/mol. The fraction of sp³-hybridized carbons (Fsp3) is 0.250. The van der Waals surface area contributed by atoms with E-state index in [1.165, 1.54) is 11.3 Å². The molecule has 1 aromatic heterocycles. The van der Waals surface area contributed by atoms with Gasteiger partial charge in [0.05, 0.1) is 13.1 Å². The molecule has 0 spiro atoms. The zero-order valence-electron chi connectivity index (χ0n) is 17.8. The lowest BCUT2D eigenvalue weighted by Crippen LogP contribution is -2.50. The van der Waals surface area contributed by atoms with E-state index in [2.05, 4.69) is 5.32 Å². The Bertz CT molecular complexity index is 993. The van der Waals surface area contributed by atoms with Gasteiger partial charge in [-0.1, -0.05) is 30.3 Å². The quantitative estimate of drug-likeness (QED) is 0.308. The average Bonchev–Trinajstić information content (AvgIpc) is 3.32. The third-order valence-electron chi connectivity index (χ3n) is 5.26. The van der Waals surface area contributed by atoms with Crippen molar-refractivity contribution >= 4 is 30.1 Å². The Kier molecular flexibility index (Phi) is 8.61. The highest BCUT2D eigenvalue weighted by Crippen LogP contribution is 2.19. The first-order valence-corrected chi connectivity index (χ1v) is 11.3. The Morgan fingerprint density at radius 2 is 1.72 bits per heavy atom. The third kappa shape index (κ3) is 6.78. The van der Waals surface area contributed by atoms with Gasteiger partial charge in [-0.2, -0.15) is 11.3 Å². The number of thiophene rings is 1. The van der Waals surface area contributed by atoms with Gasteiger partial charge in [0.1, 0.15) is 5.75 Å². The van der Waals surface area contributed by atoms with E-state index >= 15 is 0 Å². The number of Topliss-reactive ketones (excluding diaryl/α,β-unsaturated/α-hetero) is 1. The summed E-state index contributed by atoms with van der Waals surface area (Å²) in [4.78, 5) is 26.1. The maximum atomic E-state index is 13.2. The highest BCUT2D eigenvalue weighted by molar-refractivity contribution is 7.07. The van der Waals surface area contributed by atoms with Gasteiger partial charge in [0.15, 0.2) is 5.78 Å². The molecular formula is C24H26BNO5S. The Balaban J connectivity index is 1.75. The second-order valence-electron chi connectivity index (χ2n) is 7.61. The zero-order chi connectivity index (χ0) is 22.9. The number of benzene rings is 2. The van der Waals surface area contributed by atoms with Crippen LogP contribution >= 0.6 is 11.3 Å².